The lowest BCUT2D eigenvalue weighted by atomic mass is 9.94. The number of aromatic nitrogens is 4. The zero-order chi connectivity index (χ0) is 26.8. The summed E-state index contributed by atoms with van der Waals surface area (Å²) < 4.78 is 14.0. The minimum atomic E-state index is -0.704. The monoisotopic (exact) mass is 614 g/mol. The van der Waals surface area contributed by atoms with Crippen LogP contribution in [0.5, 0.6) is 11.5 Å². The molecule has 0 spiro atoms. The van der Waals surface area contributed by atoms with E-state index in [-0.39, 0.29) is 12.5 Å². The van der Waals surface area contributed by atoms with Crippen LogP contribution in [0.3, 0.4) is 0 Å². The van der Waals surface area contributed by atoms with Gasteiger partial charge < -0.3 is 20.1 Å². The van der Waals surface area contributed by atoms with Crippen LogP contribution in [-0.4, -0.2) is 33.2 Å². The van der Waals surface area contributed by atoms with Crippen LogP contribution in [0.25, 0.3) is 0 Å². The number of hydrogen-bond acceptors (Lipinski definition) is 7. The summed E-state index contributed by atoms with van der Waals surface area (Å²) in [6, 6.07) is 17.3. The smallest absolute Gasteiger partial charge is 0.255 e. The number of methoxy groups -OCH3 is 1. The average molecular weight is 616 g/mol. The molecule has 0 saturated heterocycles. The summed E-state index contributed by atoms with van der Waals surface area (Å²) in [4.78, 5) is 13.8. The van der Waals surface area contributed by atoms with Crippen molar-refractivity contribution in [3.8, 4) is 11.5 Å². The van der Waals surface area contributed by atoms with Gasteiger partial charge in [0.25, 0.3) is 5.91 Å². The first kappa shape index (κ1) is 26.0. The molecule has 1 aliphatic rings. The number of carbonyl (C=O) groups is 1. The van der Waals surface area contributed by atoms with Gasteiger partial charge in [0, 0.05) is 31.3 Å². The zero-order valence-electron chi connectivity index (χ0n) is 20.2. The van der Waals surface area contributed by atoms with E-state index in [0.717, 1.165) is 10.0 Å². The minimum absolute atomic E-state index is 0.184. The fourth-order valence-electron chi connectivity index (χ4n) is 4.19. The van der Waals surface area contributed by atoms with E-state index in [1.165, 1.54) is 0 Å². The number of allylic oxidation sites excluding steroid dienone is 1. The number of nitrogens with zero attached hydrogens (tertiary/aromatic N) is 4. The second-order valence-corrected chi connectivity index (χ2v) is 10.1. The van der Waals surface area contributed by atoms with Crippen molar-refractivity contribution in [2.75, 3.05) is 17.7 Å². The Bertz CT molecular complexity index is 1560. The van der Waals surface area contributed by atoms with Gasteiger partial charge in [0.2, 0.25) is 5.95 Å². The van der Waals surface area contributed by atoms with Crippen molar-refractivity contribution in [1.82, 2.24) is 20.2 Å². The number of carbonyl (C=O) groups excluding carboxylic acids is 1. The van der Waals surface area contributed by atoms with Gasteiger partial charge >= 0.3 is 0 Å². The molecule has 2 N–H and O–H groups in total. The molecule has 2 heterocycles. The van der Waals surface area contributed by atoms with Crippen molar-refractivity contribution in [2.24, 2.45) is 0 Å². The Kier molecular flexibility index (Phi) is 7.55. The Morgan fingerprint density at radius 2 is 1.95 bits per heavy atom. The quantitative estimate of drug-likeness (QED) is 0.253. The molecule has 3 aromatic carbocycles. The number of nitrogens with one attached hydrogen (secondary N) is 2. The molecule has 12 heteroatoms. The van der Waals surface area contributed by atoms with Gasteiger partial charge in [-0.1, -0.05) is 62.4 Å². The first-order valence-corrected chi connectivity index (χ1v) is 13.0. The Hall–Kier alpha value is -3.60. The average Bonchev–Trinajstić information content (AvgIpc) is 3.36. The standard InChI is InChI=1S/C26H21BrCl2N6O3/c1-14-23(25(36)31-20-5-3-4-6-22(20)37-2)24(35-26(30-14)32-33-34-35)18-11-16(27)8-10-21(18)38-13-15-7-9-17(28)12-19(15)29/h3-12,24H,13H2,1-2H3,(H,31,36)(H,30,32,34). The first-order valence-electron chi connectivity index (χ1n) is 11.4. The van der Waals surface area contributed by atoms with E-state index < -0.39 is 6.04 Å². The minimum Gasteiger partial charge on any atom is -0.495 e. The number of hydrogen-bond donors (Lipinski definition) is 2. The van der Waals surface area contributed by atoms with Gasteiger partial charge in [0.15, 0.2) is 0 Å². The zero-order valence-corrected chi connectivity index (χ0v) is 23.3. The van der Waals surface area contributed by atoms with Crippen LogP contribution < -0.4 is 20.1 Å². The van der Waals surface area contributed by atoms with Gasteiger partial charge in [-0.15, -0.1) is 0 Å². The normalized spacial score (nSPS) is 14.5. The summed E-state index contributed by atoms with van der Waals surface area (Å²) in [7, 11) is 1.55. The third-order valence-electron chi connectivity index (χ3n) is 5.98. The Balaban J connectivity index is 1.55. The van der Waals surface area contributed by atoms with Crippen LogP contribution in [0.1, 0.15) is 24.1 Å². The number of tetrazole rings is 1. The van der Waals surface area contributed by atoms with E-state index in [1.54, 1.807) is 43.0 Å². The van der Waals surface area contributed by atoms with Crippen molar-refractivity contribution < 1.29 is 14.3 Å². The summed E-state index contributed by atoms with van der Waals surface area (Å²) in [5, 5.41) is 19.2. The van der Waals surface area contributed by atoms with Gasteiger partial charge in [-0.05, 0) is 59.8 Å². The first-order chi connectivity index (χ1) is 18.4. The number of anilines is 2. The fourth-order valence-corrected chi connectivity index (χ4v) is 5.03. The summed E-state index contributed by atoms with van der Waals surface area (Å²) in [6.07, 6.45) is 0. The molecule has 1 unspecified atom stereocenters. The third-order valence-corrected chi connectivity index (χ3v) is 7.06. The highest BCUT2D eigenvalue weighted by Gasteiger charge is 2.36. The second kappa shape index (κ2) is 11.0. The van der Waals surface area contributed by atoms with Crippen molar-refractivity contribution in [1.29, 1.82) is 0 Å². The number of halogens is 3. The van der Waals surface area contributed by atoms with Crippen molar-refractivity contribution in [3.05, 3.63) is 97.6 Å². The van der Waals surface area contributed by atoms with E-state index in [4.69, 9.17) is 32.7 Å². The molecule has 0 fully saturated rings. The van der Waals surface area contributed by atoms with Gasteiger partial charge in [0.1, 0.15) is 24.1 Å². The highest BCUT2D eigenvalue weighted by atomic mass is 79.9. The number of amides is 1. The molecule has 0 bridgehead atoms. The Morgan fingerprint density at radius 1 is 1.13 bits per heavy atom. The Labute approximate surface area is 236 Å². The molecular weight excluding hydrogens is 595 g/mol. The van der Waals surface area contributed by atoms with Gasteiger partial charge in [-0.2, -0.15) is 4.68 Å². The summed E-state index contributed by atoms with van der Waals surface area (Å²) in [5.41, 5.74) is 2.97. The molecule has 38 heavy (non-hydrogen) atoms. The molecule has 1 aromatic heterocycles. The number of ether oxygens (including phenoxy) is 2. The van der Waals surface area contributed by atoms with Crippen molar-refractivity contribution in [2.45, 2.75) is 19.6 Å². The van der Waals surface area contributed by atoms with Gasteiger partial charge in [-0.25, -0.2) is 0 Å². The van der Waals surface area contributed by atoms with Crippen LogP contribution >= 0.6 is 39.1 Å². The van der Waals surface area contributed by atoms with E-state index in [9.17, 15) is 4.79 Å². The highest BCUT2D eigenvalue weighted by Crippen LogP contribution is 2.41. The molecule has 9 nitrogen and oxygen atoms in total. The van der Waals surface area contributed by atoms with Gasteiger partial charge in [0.05, 0.1) is 18.4 Å². The fraction of sp³-hybridized carbons (Fsp3) is 0.154. The lowest BCUT2D eigenvalue weighted by Crippen LogP contribution is -2.32. The van der Waals surface area contributed by atoms with Crippen LogP contribution in [-0.2, 0) is 11.4 Å². The summed E-state index contributed by atoms with van der Waals surface area (Å²) >= 11 is 16.0. The molecule has 1 amide bonds. The second-order valence-electron chi connectivity index (χ2n) is 8.37. The lowest BCUT2D eigenvalue weighted by molar-refractivity contribution is -0.113. The predicted molar refractivity (Wildman–Crippen MR) is 149 cm³/mol. The maximum atomic E-state index is 13.8. The SMILES string of the molecule is COc1ccccc1NC(=O)C1=C(C)Nc2nnnn2C1c1cc(Br)ccc1OCc1ccc(Cl)cc1Cl. The molecule has 194 valence electrons. The number of benzene rings is 3. The van der Waals surface area contributed by atoms with Crippen LogP contribution in [0.15, 0.2) is 76.4 Å². The Morgan fingerprint density at radius 3 is 2.74 bits per heavy atom. The van der Waals surface area contributed by atoms with E-state index in [2.05, 4.69) is 42.1 Å². The van der Waals surface area contributed by atoms with Crippen LogP contribution in [0, 0.1) is 0 Å². The predicted octanol–water partition coefficient (Wildman–Crippen LogP) is 6.26. The van der Waals surface area contributed by atoms with Crippen molar-refractivity contribution >= 4 is 56.7 Å². The summed E-state index contributed by atoms with van der Waals surface area (Å²) in [5.74, 6) is 1.11. The number of fused-ring (bicyclic) bond motifs is 1. The maximum Gasteiger partial charge on any atom is 0.255 e. The highest BCUT2D eigenvalue weighted by molar-refractivity contribution is 9.10. The lowest BCUT2D eigenvalue weighted by Gasteiger charge is -2.29. The van der Waals surface area contributed by atoms with Crippen LogP contribution in [0.2, 0.25) is 10.0 Å². The van der Waals surface area contributed by atoms with Crippen molar-refractivity contribution in [3.63, 3.8) is 0 Å². The number of rotatable bonds is 7. The maximum absolute atomic E-state index is 13.8. The largest absolute Gasteiger partial charge is 0.495 e. The molecule has 5 rings (SSSR count). The molecule has 4 aromatic rings. The molecule has 0 radical (unpaired) electrons. The molecular formula is C26H21BrCl2N6O3. The molecule has 0 aliphatic carbocycles. The number of para-hydroxylation sites is 2. The summed E-state index contributed by atoms with van der Waals surface area (Å²) in [6.45, 7) is 1.98. The van der Waals surface area contributed by atoms with E-state index in [1.807, 2.05) is 36.4 Å². The van der Waals surface area contributed by atoms with Gasteiger partial charge in [-0.3, -0.25) is 4.79 Å². The van der Waals surface area contributed by atoms with Crippen LogP contribution in [0.4, 0.5) is 11.6 Å². The van der Waals surface area contributed by atoms with E-state index >= 15 is 0 Å². The third kappa shape index (κ3) is 5.20. The molecule has 1 atom stereocenters. The van der Waals surface area contributed by atoms with E-state index in [0.29, 0.717) is 50.0 Å². The molecule has 1 aliphatic heterocycles. The topological polar surface area (TPSA) is 103 Å². The molecule has 0 saturated carbocycles.